The van der Waals surface area contributed by atoms with Gasteiger partial charge in [-0.3, -0.25) is 4.98 Å². The van der Waals surface area contributed by atoms with Crippen LogP contribution in [0.1, 0.15) is 11.6 Å². The van der Waals surface area contributed by atoms with Crippen molar-refractivity contribution < 1.29 is 4.74 Å². The molecule has 13 heavy (non-hydrogen) atoms. The van der Waals surface area contributed by atoms with E-state index in [1.165, 1.54) is 5.56 Å². The molecule has 72 valence electrons. The zero-order valence-corrected chi connectivity index (χ0v) is 8.09. The van der Waals surface area contributed by atoms with Crippen molar-refractivity contribution in [1.29, 1.82) is 0 Å². The summed E-state index contributed by atoms with van der Waals surface area (Å²) in [6.45, 7) is 2.53. The fraction of sp³-hybridized carbons (Fsp3) is 0.444. The van der Waals surface area contributed by atoms with Crippen LogP contribution < -0.4 is 5.32 Å². The van der Waals surface area contributed by atoms with Crippen LogP contribution in [-0.4, -0.2) is 24.7 Å². The Labute approximate surface area is 83.9 Å². The van der Waals surface area contributed by atoms with Gasteiger partial charge in [-0.2, -0.15) is 0 Å². The molecule has 1 N–H and O–H groups in total. The molecule has 2 rings (SSSR count). The molecule has 1 fully saturated rings. The Morgan fingerprint density at radius 3 is 2.77 bits per heavy atom. The van der Waals surface area contributed by atoms with Crippen LogP contribution in [0.3, 0.4) is 0 Å². The van der Waals surface area contributed by atoms with Gasteiger partial charge < -0.3 is 10.1 Å². The third-order valence-corrected chi connectivity index (χ3v) is 2.03. The SMILES string of the molecule is Cl.c1cc(C2COCCN2)ccn1. The zero-order valence-electron chi connectivity index (χ0n) is 7.27. The van der Waals surface area contributed by atoms with E-state index < -0.39 is 0 Å². The number of nitrogens with zero attached hydrogens (tertiary/aromatic N) is 1. The highest BCUT2D eigenvalue weighted by atomic mass is 35.5. The van der Waals surface area contributed by atoms with Crippen molar-refractivity contribution in [2.24, 2.45) is 0 Å². The highest BCUT2D eigenvalue weighted by molar-refractivity contribution is 5.85. The van der Waals surface area contributed by atoms with Gasteiger partial charge in [-0.25, -0.2) is 0 Å². The van der Waals surface area contributed by atoms with Crippen molar-refractivity contribution in [2.75, 3.05) is 19.8 Å². The van der Waals surface area contributed by atoms with Crippen LogP contribution in [0.5, 0.6) is 0 Å². The first-order valence-corrected chi connectivity index (χ1v) is 4.18. The van der Waals surface area contributed by atoms with E-state index in [0.29, 0.717) is 6.04 Å². The van der Waals surface area contributed by atoms with Crippen molar-refractivity contribution in [3.8, 4) is 0 Å². The van der Waals surface area contributed by atoms with Crippen molar-refractivity contribution >= 4 is 12.4 Å². The lowest BCUT2D eigenvalue weighted by molar-refractivity contribution is 0.0768. The number of nitrogens with one attached hydrogen (secondary N) is 1. The molecule has 3 nitrogen and oxygen atoms in total. The maximum absolute atomic E-state index is 5.35. The van der Waals surface area contributed by atoms with Crippen molar-refractivity contribution in [3.63, 3.8) is 0 Å². The summed E-state index contributed by atoms with van der Waals surface area (Å²) in [6, 6.07) is 4.39. The molecular formula is C9H13ClN2O. The number of rotatable bonds is 1. The van der Waals surface area contributed by atoms with Crippen LogP contribution in [-0.2, 0) is 4.74 Å². The fourth-order valence-corrected chi connectivity index (χ4v) is 1.38. The van der Waals surface area contributed by atoms with Gasteiger partial charge in [0, 0.05) is 18.9 Å². The number of morpholine rings is 1. The summed E-state index contributed by atoms with van der Waals surface area (Å²) in [5, 5.41) is 3.38. The van der Waals surface area contributed by atoms with E-state index in [1.807, 2.05) is 24.5 Å². The van der Waals surface area contributed by atoms with Crippen molar-refractivity contribution in [1.82, 2.24) is 10.3 Å². The minimum Gasteiger partial charge on any atom is -0.378 e. The topological polar surface area (TPSA) is 34.1 Å². The minimum atomic E-state index is 0. The number of aromatic nitrogens is 1. The second-order valence-electron chi connectivity index (χ2n) is 2.86. The minimum absolute atomic E-state index is 0. The smallest absolute Gasteiger partial charge is 0.0662 e. The Morgan fingerprint density at radius 1 is 1.38 bits per heavy atom. The number of ether oxygens (including phenoxy) is 1. The van der Waals surface area contributed by atoms with E-state index in [0.717, 1.165) is 19.8 Å². The van der Waals surface area contributed by atoms with Crippen LogP contribution in [0, 0.1) is 0 Å². The summed E-state index contributed by atoms with van der Waals surface area (Å²) in [5.41, 5.74) is 1.25. The molecule has 0 amide bonds. The molecule has 0 bridgehead atoms. The lowest BCUT2D eigenvalue weighted by Crippen LogP contribution is -2.34. The average molecular weight is 201 g/mol. The second kappa shape index (κ2) is 5.17. The maximum atomic E-state index is 5.35. The number of hydrogen-bond acceptors (Lipinski definition) is 3. The van der Waals surface area contributed by atoms with Gasteiger partial charge in [-0.05, 0) is 17.7 Å². The molecule has 0 aromatic carbocycles. The van der Waals surface area contributed by atoms with Crippen molar-refractivity contribution in [3.05, 3.63) is 30.1 Å². The predicted octanol–water partition coefficient (Wildman–Crippen LogP) is 1.16. The Morgan fingerprint density at radius 2 is 2.15 bits per heavy atom. The Kier molecular flexibility index (Phi) is 4.15. The van der Waals surface area contributed by atoms with Crippen LogP contribution in [0.25, 0.3) is 0 Å². The van der Waals surface area contributed by atoms with E-state index in [-0.39, 0.29) is 12.4 Å². The van der Waals surface area contributed by atoms with Crippen LogP contribution in [0.4, 0.5) is 0 Å². The third kappa shape index (κ3) is 2.66. The molecule has 1 aromatic heterocycles. The molecule has 0 radical (unpaired) electrons. The molecule has 1 saturated heterocycles. The first kappa shape index (κ1) is 10.4. The summed E-state index contributed by atoms with van der Waals surface area (Å²) < 4.78 is 5.35. The number of hydrogen-bond donors (Lipinski definition) is 1. The van der Waals surface area contributed by atoms with E-state index in [2.05, 4.69) is 10.3 Å². The van der Waals surface area contributed by atoms with Crippen LogP contribution in [0.2, 0.25) is 0 Å². The lowest BCUT2D eigenvalue weighted by atomic mass is 10.1. The standard InChI is InChI=1S/C9H12N2O.ClH/c1-3-10-4-2-8(1)9-7-12-6-5-11-9;/h1-4,9,11H,5-7H2;1H. The molecule has 0 aliphatic carbocycles. The van der Waals surface area contributed by atoms with Gasteiger partial charge in [0.1, 0.15) is 0 Å². The van der Waals surface area contributed by atoms with E-state index in [1.54, 1.807) is 0 Å². The molecule has 1 aromatic rings. The highest BCUT2D eigenvalue weighted by Gasteiger charge is 2.13. The summed E-state index contributed by atoms with van der Waals surface area (Å²) >= 11 is 0. The Bertz CT molecular complexity index is 237. The average Bonchev–Trinajstić information content (AvgIpc) is 2.21. The first-order valence-electron chi connectivity index (χ1n) is 4.18. The maximum Gasteiger partial charge on any atom is 0.0662 e. The Hall–Kier alpha value is -0.640. The largest absolute Gasteiger partial charge is 0.378 e. The number of halogens is 1. The summed E-state index contributed by atoms with van der Waals surface area (Å²) in [4.78, 5) is 3.97. The Balaban J connectivity index is 0.000000845. The normalized spacial score (nSPS) is 22.0. The molecule has 1 aliphatic heterocycles. The molecule has 1 aliphatic rings. The molecular weight excluding hydrogens is 188 g/mol. The quantitative estimate of drug-likeness (QED) is 0.739. The van der Waals surface area contributed by atoms with Crippen LogP contribution >= 0.6 is 12.4 Å². The van der Waals surface area contributed by atoms with Crippen molar-refractivity contribution in [2.45, 2.75) is 6.04 Å². The van der Waals surface area contributed by atoms with Gasteiger partial charge in [0.05, 0.1) is 19.3 Å². The molecule has 0 saturated carbocycles. The van der Waals surface area contributed by atoms with Gasteiger partial charge in [0.15, 0.2) is 0 Å². The summed E-state index contributed by atoms with van der Waals surface area (Å²) in [5.74, 6) is 0. The fourth-order valence-electron chi connectivity index (χ4n) is 1.38. The van der Waals surface area contributed by atoms with Crippen LogP contribution in [0.15, 0.2) is 24.5 Å². The monoisotopic (exact) mass is 200 g/mol. The van der Waals surface area contributed by atoms with Gasteiger partial charge in [0.2, 0.25) is 0 Å². The molecule has 1 atom stereocenters. The predicted molar refractivity (Wildman–Crippen MR) is 53.0 cm³/mol. The molecule has 4 heteroatoms. The molecule has 2 heterocycles. The van der Waals surface area contributed by atoms with Gasteiger partial charge in [-0.15, -0.1) is 12.4 Å². The molecule has 0 spiro atoms. The highest BCUT2D eigenvalue weighted by Crippen LogP contribution is 2.13. The summed E-state index contributed by atoms with van der Waals surface area (Å²) in [6.07, 6.45) is 3.62. The van der Waals surface area contributed by atoms with Gasteiger partial charge >= 0.3 is 0 Å². The van der Waals surface area contributed by atoms with E-state index in [9.17, 15) is 0 Å². The van der Waals surface area contributed by atoms with E-state index >= 15 is 0 Å². The summed E-state index contributed by atoms with van der Waals surface area (Å²) in [7, 11) is 0. The second-order valence-corrected chi connectivity index (χ2v) is 2.86. The van der Waals surface area contributed by atoms with Gasteiger partial charge in [-0.1, -0.05) is 0 Å². The first-order chi connectivity index (χ1) is 5.97. The zero-order chi connectivity index (χ0) is 8.23. The molecule has 1 unspecified atom stereocenters. The lowest BCUT2D eigenvalue weighted by Gasteiger charge is -2.23. The van der Waals surface area contributed by atoms with E-state index in [4.69, 9.17) is 4.74 Å². The van der Waals surface area contributed by atoms with Gasteiger partial charge in [0.25, 0.3) is 0 Å². The third-order valence-electron chi connectivity index (χ3n) is 2.03. The number of pyridine rings is 1.